The molecule has 2 rings (SSSR count). The first-order chi connectivity index (χ1) is 8.56. The SMILES string of the molecule is CCOC(C)(C)C(Cc1cn2ccsc2n1)NN. The molecule has 1 atom stereocenters. The van der Waals surface area contributed by atoms with Crippen LogP contribution in [0.25, 0.3) is 4.96 Å². The minimum Gasteiger partial charge on any atom is -0.374 e. The number of aromatic nitrogens is 2. The third-order valence-corrected chi connectivity index (χ3v) is 3.88. The normalized spacial score (nSPS) is 14.2. The fourth-order valence-corrected chi connectivity index (χ4v) is 2.78. The van der Waals surface area contributed by atoms with Gasteiger partial charge in [0.15, 0.2) is 4.96 Å². The third kappa shape index (κ3) is 2.72. The van der Waals surface area contributed by atoms with E-state index in [4.69, 9.17) is 10.6 Å². The van der Waals surface area contributed by atoms with Crippen LogP contribution in [0, 0.1) is 0 Å². The molecule has 2 heterocycles. The monoisotopic (exact) mass is 268 g/mol. The van der Waals surface area contributed by atoms with Crippen LogP contribution in [0.5, 0.6) is 0 Å². The summed E-state index contributed by atoms with van der Waals surface area (Å²) in [6.07, 6.45) is 4.80. The molecule has 0 spiro atoms. The van der Waals surface area contributed by atoms with Crippen molar-refractivity contribution in [2.45, 2.75) is 38.8 Å². The van der Waals surface area contributed by atoms with Crippen LogP contribution in [0.3, 0.4) is 0 Å². The van der Waals surface area contributed by atoms with Crippen LogP contribution in [0.1, 0.15) is 26.5 Å². The Balaban J connectivity index is 2.12. The summed E-state index contributed by atoms with van der Waals surface area (Å²) in [4.78, 5) is 5.57. The molecule has 0 aliphatic carbocycles. The molecule has 0 aromatic carbocycles. The van der Waals surface area contributed by atoms with Crippen molar-refractivity contribution in [1.29, 1.82) is 0 Å². The van der Waals surface area contributed by atoms with Crippen molar-refractivity contribution < 1.29 is 4.74 Å². The summed E-state index contributed by atoms with van der Waals surface area (Å²) in [5.74, 6) is 5.64. The molecule has 0 saturated heterocycles. The minimum absolute atomic E-state index is 0.0297. The molecule has 100 valence electrons. The Morgan fingerprint density at radius 3 is 3.00 bits per heavy atom. The number of fused-ring (bicyclic) bond motifs is 1. The number of rotatable bonds is 6. The number of nitrogens with one attached hydrogen (secondary N) is 1. The molecule has 0 aliphatic heterocycles. The lowest BCUT2D eigenvalue weighted by Gasteiger charge is -2.33. The Hall–Kier alpha value is -0.950. The van der Waals surface area contributed by atoms with Gasteiger partial charge in [-0.05, 0) is 20.8 Å². The van der Waals surface area contributed by atoms with Crippen molar-refractivity contribution in [2.24, 2.45) is 5.84 Å². The van der Waals surface area contributed by atoms with Gasteiger partial charge < -0.3 is 4.74 Å². The molecular weight excluding hydrogens is 248 g/mol. The predicted molar refractivity (Wildman–Crippen MR) is 73.6 cm³/mol. The summed E-state index contributed by atoms with van der Waals surface area (Å²) < 4.78 is 7.76. The zero-order valence-electron chi connectivity index (χ0n) is 11.0. The smallest absolute Gasteiger partial charge is 0.193 e. The number of ether oxygens (including phenoxy) is 1. The van der Waals surface area contributed by atoms with E-state index in [1.165, 1.54) is 0 Å². The maximum atomic E-state index is 5.74. The lowest BCUT2D eigenvalue weighted by atomic mass is 9.95. The second-order valence-electron chi connectivity index (χ2n) is 4.78. The van der Waals surface area contributed by atoms with Gasteiger partial charge in [0.25, 0.3) is 0 Å². The highest BCUT2D eigenvalue weighted by Crippen LogP contribution is 2.19. The first kappa shape index (κ1) is 13.5. The molecule has 0 fully saturated rings. The summed E-state index contributed by atoms with van der Waals surface area (Å²) in [6.45, 7) is 6.74. The van der Waals surface area contributed by atoms with Gasteiger partial charge in [0.2, 0.25) is 0 Å². The van der Waals surface area contributed by atoms with Gasteiger partial charge in [0.1, 0.15) is 0 Å². The van der Waals surface area contributed by atoms with Crippen LogP contribution in [0.2, 0.25) is 0 Å². The molecule has 6 heteroatoms. The van der Waals surface area contributed by atoms with Gasteiger partial charge in [0, 0.05) is 30.8 Å². The van der Waals surface area contributed by atoms with Gasteiger partial charge in [-0.3, -0.25) is 15.7 Å². The lowest BCUT2D eigenvalue weighted by Crippen LogP contribution is -2.52. The Labute approximate surface area is 111 Å². The molecule has 5 nitrogen and oxygen atoms in total. The fraction of sp³-hybridized carbons (Fsp3) is 0.583. The summed E-state index contributed by atoms with van der Waals surface area (Å²) in [5, 5.41) is 2.02. The van der Waals surface area contributed by atoms with Gasteiger partial charge in [-0.15, -0.1) is 11.3 Å². The number of hydrogen-bond acceptors (Lipinski definition) is 5. The van der Waals surface area contributed by atoms with Crippen LogP contribution in [0.4, 0.5) is 0 Å². The Bertz CT molecular complexity index is 476. The Morgan fingerprint density at radius 1 is 1.61 bits per heavy atom. The number of nitrogens with zero attached hydrogens (tertiary/aromatic N) is 2. The average Bonchev–Trinajstić information content (AvgIpc) is 2.85. The number of hydrogen-bond donors (Lipinski definition) is 2. The van der Waals surface area contributed by atoms with Gasteiger partial charge in [-0.25, -0.2) is 4.98 Å². The van der Waals surface area contributed by atoms with Gasteiger partial charge in [-0.1, -0.05) is 0 Å². The molecule has 1 unspecified atom stereocenters. The minimum atomic E-state index is -0.319. The highest BCUT2D eigenvalue weighted by atomic mass is 32.1. The summed E-state index contributed by atoms with van der Waals surface area (Å²) in [6, 6.07) is 0.0297. The van der Waals surface area contributed by atoms with Crippen LogP contribution in [-0.2, 0) is 11.2 Å². The predicted octanol–water partition coefficient (Wildman–Crippen LogP) is 1.59. The summed E-state index contributed by atoms with van der Waals surface area (Å²) in [7, 11) is 0. The second-order valence-corrected chi connectivity index (χ2v) is 5.66. The Morgan fingerprint density at radius 2 is 2.39 bits per heavy atom. The molecule has 3 N–H and O–H groups in total. The van der Waals surface area contributed by atoms with E-state index in [1.54, 1.807) is 11.3 Å². The Kier molecular flexibility index (Phi) is 4.01. The van der Waals surface area contributed by atoms with E-state index in [9.17, 15) is 0 Å². The lowest BCUT2D eigenvalue weighted by molar-refractivity contribution is -0.0382. The van der Waals surface area contributed by atoms with E-state index in [-0.39, 0.29) is 11.6 Å². The summed E-state index contributed by atoms with van der Waals surface area (Å²) in [5.41, 5.74) is 3.55. The number of thiazole rings is 1. The van der Waals surface area contributed by atoms with Crippen LogP contribution in [0.15, 0.2) is 17.8 Å². The number of nitrogens with two attached hydrogens (primary N) is 1. The average molecular weight is 268 g/mol. The molecule has 0 saturated carbocycles. The van der Waals surface area contributed by atoms with Crippen molar-refractivity contribution in [1.82, 2.24) is 14.8 Å². The maximum Gasteiger partial charge on any atom is 0.193 e. The highest BCUT2D eigenvalue weighted by Gasteiger charge is 2.30. The molecule has 2 aromatic heterocycles. The molecule has 0 radical (unpaired) electrons. The van der Waals surface area contributed by atoms with Crippen molar-refractivity contribution in [2.75, 3.05) is 6.61 Å². The molecular formula is C12H20N4OS. The second kappa shape index (κ2) is 5.36. The van der Waals surface area contributed by atoms with Crippen molar-refractivity contribution in [3.8, 4) is 0 Å². The molecule has 2 aromatic rings. The van der Waals surface area contributed by atoms with E-state index >= 15 is 0 Å². The van der Waals surface area contributed by atoms with Crippen LogP contribution < -0.4 is 11.3 Å². The topological polar surface area (TPSA) is 64.6 Å². The standard InChI is InChI=1S/C12H20N4OS/c1-4-17-12(2,3)10(15-13)7-9-8-16-5-6-18-11(16)14-9/h5-6,8,10,15H,4,7,13H2,1-3H3. The first-order valence-corrected chi connectivity index (χ1v) is 6.96. The van der Waals surface area contributed by atoms with E-state index in [1.807, 2.05) is 42.9 Å². The quantitative estimate of drug-likeness (QED) is 0.617. The van der Waals surface area contributed by atoms with E-state index in [0.717, 1.165) is 17.1 Å². The highest BCUT2D eigenvalue weighted by molar-refractivity contribution is 7.15. The van der Waals surface area contributed by atoms with Gasteiger partial charge in [0.05, 0.1) is 17.3 Å². The van der Waals surface area contributed by atoms with Gasteiger partial charge in [-0.2, -0.15) is 0 Å². The zero-order chi connectivity index (χ0) is 13.2. The fourth-order valence-electron chi connectivity index (χ4n) is 2.06. The van der Waals surface area contributed by atoms with E-state index in [2.05, 4.69) is 10.4 Å². The largest absolute Gasteiger partial charge is 0.374 e. The third-order valence-electron chi connectivity index (χ3n) is 3.11. The van der Waals surface area contributed by atoms with E-state index in [0.29, 0.717) is 6.61 Å². The summed E-state index contributed by atoms with van der Waals surface area (Å²) >= 11 is 1.63. The molecule has 0 bridgehead atoms. The van der Waals surface area contributed by atoms with Gasteiger partial charge >= 0.3 is 0 Å². The van der Waals surface area contributed by atoms with Crippen molar-refractivity contribution in [3.63, 3.8) is 0 Å². The maximum absolute atomic E-state index is 5.74. The van der Waals surface area contributed by atoms with Crippen molar-refractivity contribution in [3.05, 3.63) is 23.5 Å². The van der Waals surface area contributed by atoms with E-state index < -0.39 is 0 Å². The van der Waals surface area contributed by atoms with Crippen LogP contribution >= 0.6 is 11.3 Å². The number of hydrazine groups is 1. The number of imidazole rings is 1. The van der Waals surface area contributed by atoms with Crippen LogP contribution in [-0.4, -0.2) is 27.6 Å². The first-order valence-electron chi connectivity index (χ1n) is 6.08. The zero-order valence-corrected chi connectivity index (χ0v) is 11.8. The molecule has 0 amide bonds. The molecule has 0 aliphatic rings. The molecule has 18 heavy (non-hydrogen) atoms. The van der Waals surface area contributed by atoms with Crippen molar-refractivity contribution >= 4 is 16.3 Å².